The molecule has 0 spiro atoms. The lowest BCUT2D eigenvalue weighted by Crippen LogP contribution is -2.39. The van der Waals surface area contributed by atoms with Crippen LogP contribution in [0.1, 0.15) is 39.5 Å². The molecule has 15 heavy (non-hydrogen) atoms. The van der Waals surface area contributed by atoms with E-state index in [1.165, 1.54) is 0 Å². The summed E-state index contributed by atoms with van der Waals surface area (Å²) in [4.78, 5) is 22.1. The van der Waals surface area contributed by atoms with E-state index >= 15 is 0 Å². The molecule has 0 aliphatic rings. The standard InChI is InChI=1S/C10H18ClNO3/c1-3-5-7-15-10(14)12-8(6-4-2)9(11)13/h8H,3-7H2,1-2H3,(H,12,14). The number of carbonyl (C=O) groups excluding carboxylic acids is 2. The lowest BCUT2D eigenvalue weighted by Gasteiger charge is -2.13. The average molecular weight is 236 g/mol. The molecule has 4 nitrogen and oxygen atoms in total. The molecule has 0 aliphatic heterocycles. The van der Waals surface area contributed by atoms with Crippen LogP contribution in [0.5, 0.6) is 0 Å². The van der Waals surface area contributed by atoms with Crippen LogP contribution in [0, 0.1) is 0 Å². The maximum Gasteiger partial charge on any atom is 0.407 e. The molecule has 1 unspecified atom stereocenters. The monoisotopic (exact) mass is 235 g/mol. The molecule has 0 saturated carbocycles. The topological polar surface area (TPSA) is 55.4 Å². The Kier molecular flexibility index (Phi) is 8.09. The van der Waals surface area contributed by atoms with Gasteiger partial charge in [0.05, 0.1) is 6.61 Å². The van der Waals surface area contributed by atoms with Crippen LogP contribution in [0.25, 0.3) is 0 Å². The highest BCUT2D eigenvalue weighted by Crippen LogP contribution is 2.01. The number of hydrogen-bond acceptors (Lipinski definition) is 3. The van der Waals surface area contributed by atoms with E-state index < -0.39 is 17.4 Å². The minimum Gasteiger partial charge on any atom is -0.450 e. The van der Waals surface area contributed by atoms with Crippen molar-refractivity contribution >= 4 is 22.9 Å². The van der Waals surface area contributed by atoms with Gasteiger partial charge in [0.1, 0.15) is 6.04 Å². The smallest absolute Gasteiger partial charge is 0.407 e. The van der Waals surface area contributed by atoms with Crippen molar-refractivity contribution in [1.82, 2.24) is 5.32 Å². The summed E-state index contributed by atoms with van der Waals surface area (Å²) in [5.74, 6) is 0. The summed E-state index contributed by atoms with van der Waals surface area (Å²) in [5, 5.41) is 1.88. The van der Waals surface area contributed by atoms with Gasteiger partial charge in [0, 0.05) is 0 Å². The average Bonchev–Trinajstić information content (AvgIpc) is 2.17. The van der Waals surface area contributed by atoms with Crippen molar-refractivity contribution in [2.45, 2.75) is 45.6 Å². The molecule has 1 atom stereocenters. The van der Waals surface area contributed by atoms with Gasteiger partial charge >= 0.3 is 6.09 Å². The zero-order chi connectivity index (χ0) is 11.7. The lowest BCUT2D eigenvalue weighted by atomic mass is 10.2. The molecule has 0 bridgehead atoms. The fourth-order valence-corrected chi connectivity index (χ4v) is 1.19. The SMILES string of the molecule is CCCCOC(=O)NC(CCC)C(=O)Cl. The van der Waals surface area contributed by atoms with Crippen molar-refractivity contribution in [3.8, 4) is 0 Å². The van der Waals surface area contributed by atoms with Gasteiger partial charge in [-0.05, 0) is 24.4 Å². The molecule has 0 saturated heterocycles. The predicted molar refractivity (Wildman–Crippen MR) is 58.9 cm³/mol. The molecule has 88 valence electrons. The minimum atomic E-state index is -0.634. The van der Waals surface area contributed by atoms with Crippen LogP contribution < -0.4 is 5.32 Å². The van der Waals surface area contributed by atoms with E-state index in [0.717, 1.165) is 19.3 Å². The van der Waals surface area contributed by atoms with Crippen LogP contribution in [-0.4, -0.2) is 24.0 Å². The number of nitrogens with one attached hydrogen (secondary N) is 1. The first kappa shape index (κ1) is 14.2. The molecule has 0 radical (unpaired) electrons. The third-order valence-electron chi connectivity index (χ3n) is 1.87. The Labute approximate surface area is 95.3 Å². The third kappa shape index (κ3) is 7.19. The van der Waals surface area contributed by atoms with Gasteiger partial charge in [-0.2, -0.15) is 0 Å². The molecule has 1 amide bonds. The molecule has 0 rings (SSSR count). The maximum absolute atomic E-state index is 11.2. The van der Waals surface area contributed by atoms with Crippen LogP contribution in [0.4, 0.5) is 4.79 Å². The van der Waals surface area contributed by atoms with Crippen molar-refractivity contribution in [2.75, 3.05) is 6.61 Å². The summed E-state index contributed by atoms with van der Waals surface area (Å²) in [6.45, 7) is 4.29. The van der Waals surface area contributed by atoms with Gasteiger partial charge in [-0.1, -0.05) is 26.7 Å². The van der Waals surface area contributed by atoms with Crippen molar-refractivity contribution in [1.29, 1.82) is 0 Å². The molecular formula is C10H18ClNO3. The molecule has 0 fully saturated rings. The minimum absolute atomic E-state index is 0.373. The van der Waals surface area contributed by atoms with Crippen molar-refractivity contribution in [3.05, 3.63) is 0 Å². The summed E-state index contributed by atoms with van der Waals surface area (Å²) in [7, 11) is 0. The van der Waals surface area contributed by atoms with Gasteiger partial charge in [0.15, 0.2) is 0 Å². The maximum atomic E-state index is 11.2. The number of hydrogen-bond donors (Lipinski definition) is 1. The number of alkyl carbamates (subject to hydrolysis) is 1. The van der Waals surface area contributed by atoms with Crippen molar-refractivity contribution in [2.24, 2.45) is 0 Å². The van der Waals surface area contributed by atoms with Crippen LogP contribution in [0.3, 0.4) is 0 Å². The Hall–Kier alpha value is -0.770. The fraction of sp³-hybridized carbons (Fsp3) is 0.800. The van der Waals surface area contributed by atoms with E-state index in [0.29, 0.717) is 13.0 Å². The first-order valence-electron chi connectivity index (χ1n) is 5.24. The molecule has 0 aromatic carbocycles. The normalized spacial score (nSPS) is 11.9. The summed E-state index contributed by atoms with van der Waals surface area (Å²) >= 11 is 5.32. The Bertz CT molecular complexity index is 209. The van der Waals surface area contributed by atoms with E-state index in [2.05, 4.69) is 5.32 Å². The van der Waals surface area contributed by atoms with E-state index in [1.807, 2.05) is 13.8 Å². The van der Waals surface area contributed by atoms with Gasteiger partial charge in [-0.15, -0.1) is 0 Å². The van der Waals surface area contributed by atoms with Crippen LogP contribution >= 0.6 is 11.6 Å². The van der Waals surface area contributed by atoms with Gasteiger partial charge in [-0.3, -0.25) is 4.79 Å². The second-order valence-electron chi connectivity index (χ2n) is 3.28. The molecule has 1 N–H and O–H groups in total. The highest BCUT2D eigenvalue weighted by Gasteiger charge is 2.18. The van der Waals surface area contributed by atoms with E-state index in [1.54, 1.807) is 0 Å². The van der Waals surface area contributed by atoms with Crippen molar-refractivity contribution in [3.63, 3.8) is 0 Å². The van der Waals surface area contributed by atoms with Crippen LogP contribution in [-0.2, 0) is 9.53 Å². The summed E-state index contributed by atoms with van der Waals surface area (Å²) in [6.07, 6.45) is 2.51. The third-order valence-corrected chi connectivity index (χ3v) is 2.14. The summed E-state index contributed by atoms with van der Waals surface area (Å²) < 4.78 is 4.85. The Morgan fingerprint density at radius 2 is 2.00 bits per heavy atom. The Morgan fingerprint density at radius 3 is 2.47 bits per heavy atom. The fourth-order valence-electron chi connectivity index (χ4n) is 1.02. The Balaban J connectivity index is 3.84. The molecule has 5 heteroatoms. The highest BCUT2D eigenvalue weighted by molar-refractivity contribution is 6.64. The number of amides is 1. The van der Waals surface area contributed by atoms with Crippen LogP contribution in [0.15, 0.2) is 0 Å². The first-order chi connectivity index (χ1) is 7.11. The number of unbranched alkanes of at least 4 members (excludes halogenated alkanes) is 1. The van der Waals surface area contributed by atoms with E-state index in [9.17, 15) is 9.59 Å². The zero-order valence-electron chi connectivity index (χ0n) is 9.22. The number of halogens is 1. The van der Waals surface area contributed by atoms with Crippen molar-refractivity contribution < 1.29 is 14.3 Å². The van der Waals surface area contributed by atoms with Crippen LogP contribution in [0.2, 0.25) is 0 Å². The summed E-state index contributed by atoms with van der Waals surface area (Å²) in [6, 6.07) is -0.634. The number of carbonyl (C=O) groups is 2. The largest absolute Gasteiger partial charge is 0.450 e. The lowest BCUT2D eigenvalue weighted by molar-refractivity contribution is -0.113. The van der Waals surface area contributed by atoms with Gasteiger partial charge in [0.25, 0.3) is 0 Å². The van der Waals surface area contributed by atoms with E-state index in [4.69, 9.17) is 16.3 Å². The Morgan fingerprint density at radius 1 is 1.33 bits per heavy atom. The second kappa shape index (κ2) is 8.53. The highest BCUT2D eigenvalue weighted by atomic mass is 35.5. The van der Waals surface area contributed by atoms with E-state index in [-0.39, 0.29) is 0 Å². The molecule has 0 heterocycles. The van der Waals surface area contributed by atoms with Gasteiger partial charge < -0.3 is 10.1 Å². The van der Waals surface area contributed by atoms with Gasteiger partial charge in [-0.25, -0.2) is 4.79 Å². The molecule has 0 aromatic heterocycles. The van der Waals surface area contributed by atoms with Gasteiger partial charge in [0.2, 0.25) is 5.24 Å². The zero-order valence-corrected chi connectivity index (χ0v) is 9.97. The molecule has 0 aliphatic carbocycles. The molecular weight excluding hydrogens is 218 g/mol. The number of ether oxygens (including phenoxy) is 1. The molecule has 0 aromatic rings. The first-order valence-corrected chi connectivity index (χ1v) is 5.62. The quantitative estimate of drug-likeness (QED) is 0.545. The predicted octanol–water partition coefficient (Wildman–Crippen LogP) is 2.45. The summed E-state index contributed by atoms with van der Waals surface area (Å²) in [5.41, 5.74) is 0. The number of rotatable bonds is 7. The second-order valence-corrected chi connectivity index (χ2v) is 3.65.